The van der Waals surface area contributed by atoms with Crippen molar-refractivity contribution < 1.29 is 4.79 Å². The molecule has 2 aromatic carbocycles. The Balaban J connectivity index is 1.32. The predicted molar refractivity (Wildman–Crippen MR) is 106 cm³/mol. The van der Waals surface area contributed by atoms with Crippen molar-refractivity contribution in [3.8, 4) is 0 Å². The van der Waals surface area contributed by atoms with Crippen molar-refractivity contribution in [2.24, 2.45) is 0 Å². The van der Waals surface area contributed by atoms with Crippen molar-refractivity contribution in [3.63, 3.8) is 0 Å². The minimum Gasteiger partial charge on any atom is -0.354 e. The highest BCUT2D eigenvalue weighted by molar-refractivity contribution is 6.31. The molecular formula is C20H21ClN4O2. The summed E-state index contributed by atoms with van der Waals surface area (Å²) < 4.78 is 1.61. The fraction of sp³-hybridized carbons (Fsp3) is 0.300. The molecule has 1 aromatic heterocycles. The maximum absolute atomic E-state index is 12.3. The van der Waals surface area contributed by atoms with E-state index in [9.17, 15) is 9.59 Å². The summed E-state index contributed by atoms with van der Waals surface area (Å²) >= 11 is 5.96. The lowest BCUT2D eigenvalue weighted by Crippen LogP contribution is -2.40. The zero-order chi connectivity index (χ0) is 18.8. The molecule has 7 heteroatoms. The quantitative estimate of drug-likeness (QED) is 0.631. The van der Waals surface area contributed by atoms with Crippen molar-refractivity contribution in [2.45, 2.75) is 32.0 Å². The molecule has 0 unspecified atom stereocenters. The van der Waals surface area contributed by atoms with Crippen LogP contribution in [0.4, 0.5) is 0 Å². The molecule has 1 atom stereocenters. The van der Waals surface area contributed by atoms with E-state index >= 15 is 0 Å². The molecule has 1 amide bonds. The third-order valence-electron chi connectivity index (χ3n) is 4.99. The number of amides is 1. The van der Waals surface area contributed by atoms with Crippen molar-refractivity contribution in [1.29, 1.82) is 0 Å². The molecule has 1 aliphatic heterocycles. The molecule has 1 aliphatic rings. The van der Waals surface area contributed by atoms with E-state index < -0.39 is 0 Å². The van der Waals surface area contributed by atoms with Crippen molar-refractivity contribution in [3.05, 3.63) is 69.1 Å². The first-order chi connectivity index (χ1) is 13.1. The number of carbonyl (C=O) groups excluding carboxylic acids is 1. The zero-order valence-corrected chi connectivity index (χ0v) is 15.6. The molecule has 6 nitrogen and oxygen atoms in total. The van der Waals surface area contributed by atoms with Crippen LogP contribution in [-0.2, 0) is 24.3 Å². The van der Waals surface area contributed by atoms with Gasteiger partial charge in [0.2, 0.25) is 5.91 Å². The van der Waals surface area contributed by atoms with E-state index in [0.29, 0.717) is 30.0 Å². The number of halogens is 1. The maximum atomic E-state index is 12.3. The van der Waals surface area contributed by atoms with Gasteiger partial charge in [-0.2, -0.15) is 0 Å². The summed E-state index contributed by atoms with van der Waals surface area (Å²) in [5.74, 6) is -0.0113. The van der Waals surface area contributed by atoms with Gasteiger partial charge >= 0.3 is 5.69 Å². The summed E-state index contributed by atoms with van der Waals surface area (Å²) in [4.78, 5) is 27.2. The van der Waals surface area contributed by atoms with Crippen LogP contribution >= 0.6 is 11.6 Å². The molecule has 2 heterocycles. The molecule has 0 saturated carbocycles. The largest absolute Gasteiger partial charge is 0.354 e. The lowest BCUT2D eigenvalue weighted by atomic mass is 9.94. The van der Waals surface area contributed by atoms with Crippen LogP contribution < -0.4 is 16.3 Å². The third-order valence-corrected chi connectivity index (χ3v) is 5.23. The van der Waals surface area contributed by atoms with Gasteiger partial charge in [-0.15, -0.1) is 0 Å². The highest BCUT2D eigenvalue weighted by Gasteiger charge is 2.20. The lowest BCUT2D eigenvalue weighted by molar-refractivity contribution is -0.121. The van der Waals surface area contributed by atoms with Crippen LogP contribution in [0.5, 0.6) is 0 Å². The number of imidazole rings is 1. The second-order valence-corrected chi connectivity index (χ2v) is 7.28. The SMILES string of the molecule is O=C(C[C@@H]1Cc2ccccc2CN1)NCCn1c(=O)[nH]c2cc(Cl)ccc21. The Morgan fingerprint density at radius 2 is 2.04 bits per heavy atom. The van der Waals surface area contributed by atoms with Gasteiger partial charge in [-0.3, -0.25) is 9.36 Å². The summed E-state index contributed by atoms with van der Waals surface area (Å²) in [7, 11) is 0. The van der Waals surface area contributed by atoms with Gasteiger partial charge in [-0.1, -0.05) is 35.9 Å². The Kier molecular flexibility index (Phi) is 5.01. The number of hydrogen-bond donors (Lipinski definition) is 3. The summed E-state index contributed by atoms with van der Waals surface area (Å²) in [6.07, 6.45) is 1.28. The second kappa shape index (κ2) is 7.58. The lowest BCUT2D eigenvalue weighted by Gasteiger charge is -2.25. The highest BCUT2D eigenvalue weighted by Crippen LogP contribution is 2.18. The van der Waals surface area contributed by atoms with Gasteiger partial charge in [0.25, 0.3) is 0 Å². The average molecular weight is 385 g/mol. The topological polar surface area (TPSA) is 78.9 Å². The van der Waals surface area contributed by atoms with Gasteiger partial charge < -0.3 is 15.6 Å². The van der Waals surface area contributed by atoms with E-state index in [4.69, 9.17) is 11.6 Å². The van der Waals surface area contributed by atoms with Crippen LogP contribution in [0.3, 0.4) is 0 Å². The molecule has 0 aliphatic carbocycles. The van der Waals surface area contributed by atoms with Gasteiger partial charge in [0.15, 0.2) is 0 Å². The van der Waals surface area contributed by atoms with Gasteiger partial charge in [0.1, 0.15) is 0 Å². The van der Waals surface area contributed by atoms with Gasteiger partial charge in [-0.25, -0.2) is 4.79 Å². The smallest absolute Gasteiger partial charge is 0.326 e. The van der Waals surface area contributed by atoms with Crippen molar-refractivity contribution in [1.82, 2.24) is 20.2 Å². The molecule has 0 fully saturated rings. The minimum atomic E-state index is -0.202. The normalized spacial score (nSPS) is 16.3. The summed E-state index contributed by atoms with van der Waals surface area (Å²) in [6, 6.07) is 13.7. The van der Waals surface area contributed by atoms with Crippen LogP contribution in [0.25, 0.3) is 11.0 Å². The summed E-state index contributed by atoms with van der Waals surface area (Å²) in [5.41, 5.74) is 3.88. The molecule has 140 valence electrons. The number of hydrogen-bond acceptors (Lipinski definition) is 3. The first-order valence-electron chi connectivity index (χ1n) is 9.05. The second-order valence-electron chi connectivity index (χ2n) is 6.85. The number of nitrogens with zero attached hydrogens (tertiary/aromatic N) is 1. The molecule has 3 aromatic rings. The first-order valence-corrected chi connectivity index (χ1v) is 9.43. The number of aromatic nitrogens is 2. The van der Waals surface area contributed by atoms with Crippen LogP contribution in [-0.4, -0.2) is 28.0 Å². The molecule has 0 bridgehead atoms. The summed E-state index contributed by atoms with van der Waals surface area (Å²) in [5, 5.41) is 6.91. The number of nitrogens with one attached hydrogen (secondary N) is 3. The molecule has 4 rings (SSSR count). The molecule has 27 heavy (non-hydrogen) atoms. The number of benzene rings is 2. The van der Waals surface area contributed by atoms with E-state index in [1.54, 1.807) is 22.8 Å². The van der Waals surface area contributed by atoms with Crippen LogP contribution in [0.15, 0.2) is 47.3 Å². The van der Waals surface area contributed by atoms with E-state index in [1.165, 1.54) is 11.1 Å². The zero-order valence-electron chi connectivity index (χ0n) is 14.8. The number of aromatic amines is 1. The Morgan fingerprint density at radius 3 is 2.89 bits per heavy atom. The molecule has 3 N–H and O–H groups in total. The average Bonchev–Trinajstić information content (AvgIpc) is 2.96. The van der Waals surface area contributed by atoms with Crippen LogP contribution in [0.1, 0.15) is 17.5 Å². The highest BCUT2D eigenvalue weighted by atomic mass is 35.5. The van der Waals surface area contributed by atoms with Crippen LogP contribution in [0, 0.1) is 0 Å². The monoisotopic (exact) mass is 384 g/mol. The van der Waals surface area contributed by atoms with E-state index in [-0.39, 0.29) is 17.6 Å². The predicted octanol–water partition coefficient (Wildman–Crippen LogP) is 2.20. The Morgan fingerprint density at radius 1 is 1.22 bits per heavy atom. The fourth-order valence-corrected chi connectivity index (χ4v) is 3.80. The molecule has 0 spiro atoms. The first kappa shape index (κ1) is 17.8. The molecular weight excluding hydrogens is 364 g/mol. The van der Waals surface area contributed by atoms with Gasteiger partial charge in [0.05, 0.1) is 11.0 Å². The number of rotatable bonds is 5. The van der Waals surface area contributed by atoms with E-state index in [2.05, 4.69) is 27.8 Å². The maximum Gasteiger partial charge on any atom is 0.326 e. The number of H-pyrrole nitrogens is 1. The fourth-order valence-electron chi connectivity index (χ4n) is 3.63. The van der Waals surface area contributed by atoms with E-state index in [1.807, 2.05) is 12.1 Å². The van der Waals surface area contributed by atoms with Crippen molar-refractivity contribution >= 4 is 28.5 Å². The number of fused-ring (bicyclic) bond motifs is 2. The Labute approximate surface area is 161 Å². The summed E-state index contributed by atoms with van der Waals surface area (Å²) in [6.45, 7) is 1.60. The Hall–Kier alpha value is -2.57. The number of carbonyl (C=O) groups is 1. The third kappa shape index (κ3) is 3.91. The van der Waals surface area contributed by atoms with E-state index in [0.717, 1.165) is 18.5 Å². The molecule has 0 radical (unpaired) electrons. The van der Waals surface area contributed by atoms with Crippen LogP contribution in [0.2, 0.25) is 5.02 Å². The minimum absolute atomic E-state index is 0.0113. The standard InChI is InChI=1S/C20H21ClN4O2/c21-15-5-6-18-17(10-15)24-20(27)25(18)8-7-22-19(26)11-16-9-13-3-1-2-4-14(13)12-23-16/h1-6,10,16,23H,7-9,11-12H2,(H,22,26)(H,24,27)/t16-/m0/s1. The van der Waals surface area contributed by atoms with Crippen molar-refractivity contribution in [2.75, 3.05) is 6.54 Å². The van der Waals surface area contributed by atoms with Gasteiger partial charge in [-0.05, 0) is 35.7 Å². The Bertz CT molecular complexity index is 1040. The molecule has 0 saturated heterocycles. The van der Waals surface area contributed by atoms with Gasteiger partial charge in [0, 0.05) is 37.1 Å².